The molecule has 48 valence electrons. The quantitative estimate of drug-likeness (QED) is 0.437. The number of hydrogen-bond acceptors (Lipinski definition) is 1. The van der Waals surface area contributed by atoms with Crippen molar-refractivity contribution in [3.8, 4) is 0 Å². The maximum absolute atomic E-state index is 6.75. The standard InChI is InChI=1S/C8H11N/c1-7(2)4-5-8(3)6-9/h4-6,9H,1,3H2,2H3/b5-4-,9-6?. The lowest BCUT2D eigenvalue weighted by atomic mass is 10.2. The third kappa shape index (κ3) is 4.75. The predicted octanol–water partition coefficient (Wildman–Crippen LogP) is 2.32. The van der Waals surface area contributed by atoms with Gasteiger partial charge in [-0.15, -0.1) is 0 Å². The van der Waals surface area contributed by atoms with E-state index in [4.69, 9.17) is 5.41 Å². The first-order valence-electron chi connectivity index (χ1n) is 2.70. The lowest BCUT2D eigenvalue weighted by molar-refractivity contribution is 1.53. The van der Waals surface area contributed by atoms with E-state index >= 15 is 0 Å². The van der Waals surface area contributed by atoms with Crippen LogP contribution in [-0.2, 0) is 0 Å². The zero-order valence-electron chi connectivity index (χ0n) is 5.65. The van der Waals surface area contributed by atoms with Crippen LogP contribution in [0.25, 0.3) is 0 Å². The van der Waals surface area contributed by atoms with Crippen LogP contribution in [0.4, 0.5) is 0 Å². The molecule has 0 aliphatic rings. The maximum Gasteiger partial charge on any atom is 0.0244 e. The minimum Gasteiger partial charge on any atom is -0.308 e. The molecular formula is C8H11N. The fourth-order valence-corrected chi connectivity index (χ4v) is 0.297. The molecule has 9 heavy (non-hydrogen) atoms. The molecule has 0 amide bonds. The topological polar surface area (TPSA) is 23.9 Å². The van der Waals surface area contributed by atoms with E-state index in [2.05, 4.69) is 13.2 Å². The molecule has 1 heteroatoms. The molecule has 1 N–H and O–H groups in total. The molecule has 1 nitrogen and oxygen atoms in total. The van der Waals surface area contributed by atoms with Crippen molar-refractivity contribution in [1.29, 1.82) is 5.41 Å². The fraction of sp³-hybridized carbons (Fsp3) is 0.125. The van der Waals surface area contributed by atoms with Gasteiger partial charge in [0, 0.05) is 6.21 Å². The van der Waals surface area contributed by atoms with Gasteiger partial charge in [0.25, 0.3) is 0 Å². The van der Waals surface area contributed by atoms with Crippen molar-refractivity contribution in [2.75, 3.05) is 0 Å². The van der Waals surface area contributed by atoms with E-state index < -0.39 is 0 Å². The number of allylic oxidation sites excluding steroid dienone is 4. The van der Waals surface area contributed by atoms with Crippen molar-refractivity contribution >= 4 is 6.21 Å². The molecule has 0 aliphatic carbocycles. The zero-order valence-corrected chi connectivity index (χ0v) is 5.65. The number of rotatable bonds is 3. The van der Waals surface area contributed by atoms with Gasteiger partial charge in [-0.25, -0.2) is 0 Å². The van der Waals surface area contributed by atoms with Crippen LogP contribution in [0, 0.1) is 5.41 Å². The third-order valence-corrected chi connectivity index (χ3v) is 0.767. The summed E-state index contributed by atoms with van der Waals surface area (Å²) < 4.78 is 0. The van der Waals surface area contributed by atoms with Gasteiger partial charge in [-0.2, -0.15) is 0 Å². The van der Waals surface area contributed by atoms with Crippen molar-refractivity contribution < 1.29 is 0 Å². The van der Waals surface area contributed by atoms with Crippen molar-refractivity contribution in [3.05, 3.63) is 36.5 Å². The normalized spacial score (nSPS) is 9.44. The van der Waals surface area contributed by atoms with Crippen LogP contribution in [0.15, 0.2) is 36.5 Å². The summed E-state index contributed by atoms with van der Waals surface area (Å²) in [5.41, 5.74) is 1.66. The van der Waals surface area contributed by atoms with Crippen molar-refractivity contribution in [2.24, 2.45) is 0 Å². The van der Waals surface area contributed by atoms with Gasteiger partial charge in [-0.1, -0.05) is 30.9 Å². The lowest BCUT2D eigenvalue weighted by Crippen LogP contribution is -1.72. The summed E-state index contributed by atoms with van der Waals surface area (Å²) in [5, 5.41) is 6.75. The molecule has 0 aromatic heterocycles. The Morgan fingerprint density at radius 1 is 1.33 bits per heavy atom. The van der Waals surface area contributed by atoms with Gasteiger partial charge in [0.1, 0.15) is 0 Å². The molecule has 0 radical (unpaired) electrons. The lowest BCUT2D eigenvalue weighted by Gasteiger charge is -1.85. The van der Waals surface area contributed by atoms with Crippen molar-refractivity contribution in [3.63, 3.8) is 0 Å². The summed E-state index contributed by atoms with van der Waals surface area (Å²) in [7, 11) is 0. The highest BCUT2D eigenvalue weighted by atomic mass is 14.3. The molecular weight excluding hydrogens is 110 g/mol. The molecule has 0 atom stereocenters. The van der Waals surface area contributed by atoms with E-state index in [0.29, 0.717) is 5.57 Å². The largest absolute Gasteiger partial charge is 0.308 e. The molecule has 0 saturated heterocycles. The van der Waals surface area contributed by atoms with Crippen molar-refractivity contribution in [2.45, 2.75) is 6.92 Å². The molecule has 0 heterocycles. The fourth-order valence-electron chi connectivity index (χ4n) is 0.297. The van der Waals surface area contributed by atoms with Crippen LogP contribution >= 0.6 is 0 Å². The highest BCUT2D eigenvalue weighted by Crippen LogP contribution is 1.93. The first-order chi connectivity index (χ1) is 4.16. The van der Waals surface area contributed by atoms with E-state index in [9.17, 15) is 0 Å². The van der Waals surface area contributed by atoms with Crippen LogP contribution in [0.5, 0.6) is 0 Å². The molecule has 0 unspecified atom stereocenters. The Morgan fingerprint density at radius 3 is 2.22 bits per heavy atom. The van der Waals surface area contributed by atoms with E-state index in [-0.39, 0.29) is 0 Å². The van der Waals surface area contributed by atoms with E-state index in [1.54, 1.807) is 6.08 Å². The molecule has 0 spiro atoms. The average molecular weight is 121 g/mol. The Balaban J connectivity index is 3.85. The Bertz CT molecular complexity index is 163. The SMILES string of the molecule is C=C(C)/C=C\C(=C)C=N. The van der Waals surface area contributed by atoms with Crippen LogP contribution in [0.2, 0.25) is 0 Å². The van der Waals surface area contributed by atoms with Gasteiger partial charge in [-0.3, -0.25) is 0 Å². The molecule has 0 aromatic carbocycles. The van der Waals surface area contributed by atoms with Gasteiger partial charge in [0.2, 0.25) is 0 Å². The molecule has 0 bridgehead atoms. The van der Waals surface area contributed by atoms with Gasteiger partial charge in [0.05, 0.1) is 0 Å². The smallest absolute Gasteiger partial charge is 0.0244 e. The van der Waals surface area contributed by atoms with Crippen LogP contribution in [0.3, 0.4) is 0 Å². The van der Waals surface area contributed by atoms with Crippen LogP contribution in [0.1, 0.15) is 6.92 Å². The Labute approximate surface area is 55.9 Å². The van der Waals surface area contributed by atoms with Crippen LogP contribution < -0.4 is 0 Å². The van der Waals surface area contributed by atoms with Gasteiger partial charge in [-0.05, 0) is 12.5 Å². The predicted molar refractivity (Wildman–Crippen MR) is 41.9 cm³/mol. The molecule has 0 rings (SSSR count). The minimum absolute atomic E-state index is 0.693. The van der Waals surface area contributed by atoms with E-state index in [0.717, 1.165) is 5.57 Å². The first kappa shape index (κ1) is 7.89. The minimum atomic E-state index is 0.693. The molecule has 0 saturated carbocycles. The molecule has 0 aliphatic heterocycles. The summed E-state index contributed by atoms with van der Waals surface area (Å²) in [5.74, 6) is 0. The monoisotopic (exact) mass is 121 g/mol. The summed E-state index contributed by atoms with van der Waals surface area (Å²) in [6.45, 7) is 9.13. The van der Waals surface area contributed by atoms with Gasteiger partial charge >= 0.3 is 0 Å². The average Bonchev–Trinajstić information content (AvgIpc) is 1.83. The Kier molecular flexibility index (Phi) is 3.37. The summed E-state index contributed by atoms with van der Waals surface area (Å²) >= 11 is 0. The Hall–Kier alpha value is -1.11. The molecule has 0 aromatic rings. The Morgan fingerprint density at radius 2 is 1.89 bits per heavy atom. The first-order valence-corrected chi connectivity index (χ1v) is 2.70. The summed E-state index contributed by atoms with van der Waals surface area (Å²) in [6, 6.07) is 0. The van der Waals surface area contributed by atoms with E-state index in [1.165, 1.54) is 6.21 Å². The molecule has 0 fully saturated rings. The van der Waals surface area contributed by atoms with Crippen LogP contribution in [-0.4, -0.2) is 6.21 Å². The second-order valence-corrected chi connectivity index (χ2v) is 1.90. The summed E-state index contributed by atoms with van der Waals surface area (Å²) in [4.78, 5) is 0. The van der Waals surface area contributed by atoms with Crippen molar-refractivity contribution in [1.82, 2.24) is 0 Å². The van der Waals surface area contributed by atoms with E-state index in [1.807, 2.05) is 13.0 Å². The second kappa shape index (κ2) is 3.84. The second-order valence-electron chi connectivity index (χ2n) is 1.90. The number of nitrogens with one attached hydrogen (secondary N) is 1. The van der Waals surface area contributed by atoms with Gasteiger partial charge in [0.15, 0.2) is 0 Å². The highest BCUT2D eigenvalue weighted by molar-refractivity contribution is 5.78. The number of hydrogen-bond donors (Lipinski definition) is 1. The zero-order chi connectivity index (χ0) is 7.28. The summed E-state index contributed by atoms with van der Waals surface area (Å²) in [6.07, 6.45) is 4.79. The van der Waals surface area contributed by atoms with Gasteiger partial charge < -0.3 is 5.41 Å². The maximum atomic E-state index is 6.75. The third-order valence-electron chi connectivity index (χ3n) is 0.767. The highest BCUT2D eigenvalue weighted by Gasteiger charge is 1.76.